The molecular formula is C84H84N6O2. The first-order chi connectivity index (χ1) is 43.4. The molecular weight excluding hydrogens is 1120 g/mol. The molecule has 0 aliphatic carbocycles. The van der Waals surface area contributed by atoms with Crippen molar-refractivity contribution in [3.8, 4) is 79.5 Å². The molecule has 8 nitrogen and oxygen atoms in total. The lowest BCUT2D eigenvalue weighted by atomic mass is 9.75. The lowest BCUT2D eigenvalue weighted by Gasteiger charge is -2.29. The Balaban J connectivity index is 0.927. The average Bonchev–Trinajstić information content (AvgIpc) is 1.56. The van der Waals surface area contributed by atoms with Crippen molar-refractivity contribution in [2.45, 2.75) is 157 Å². The first kappa shape index (κ1) is 61.5. The molecule has 4 aromatic heterocycles. The summed E-state index contributed by atoms with van der Waals surface area (Å²) in [7, 11) is 0. The molecule has 0 aliphatic rings. The van der Waals surface area contributed by atoms with Gasteiger partial charge in [-0.15, -0.1) is 0 Å². The molecule has 0 spiro atoms. The third-order valence-corrected chi connectivity index (χ3v) is 18.3. The second-order valence-corrected chi connectivity index (χ2v) is 31.1. The molecule has 4 heterocycles. The van der Waals surface area contributed by atoms with Crippen LogP contribution in [0, 0.1) is 0 Å². The van der Waals surface area contributed by atoms with E-state index in [4.69, 9.17) is 38.7 Å². The topological polar surface area (TPSA) is 104 Å². The summed E-state index contributed by atoms with van der Waals surface area (Å²) in [6.45, 7) is 38.8. The summed E-state index contributed by atoms with van der Waals surface area (Å²) in [6, 6.07) is 66.8. The van der Waals surface area contributed by atoms with Crippen LogP contribution >= 0.6 is 0 Å². The SMILES string of the molecule is CC(C)(C)c1cc(-c2nc(-c3ccc(CC(C)(C)c4cc(C(C)(C)C)c5oc6c(-c7nc(-c8ccccc8)nc(-c8ccccc8)n7)cc(C(C)(C)C)cc6c5c4)cc3)nc(-c3ccc(-c4ccccc4)cc3)n2)c2oc3c(C(C)(C)C)cc(C(C)(C)C)cc3c2c1. The second kappa shape index (κ2) is 22.5. The van der Waals surface area contributed by atoms with E-state index in [9.17, 15) is 0 Å². The lowest BCUT2D eigenvalue weighted by Crippen LogP contribution is -2.22. The molecule has 0 saturated carbocycles. The maximum absolute atomic E-state index is 7.26. The Hall–Kier alpha value is -9.40. The van der Waals surface area contributed by atoms with E-state index in [1.165, 1.54) is 27.8 Å². The Kier molecular flexibility index (Phi) is 15.0. The van der Waals surface area contributed by atoms with Gasteiger partial charge in [0.25, 0.3) is 0 Å². The van der Waals surface area contributed by atoms with Crippen LogP contribution in [0.2, 0.25) is 0 Å². The summed E-state index contributed by atoms with van der Waals surface area (Å²) in [5, 5.41) is 4.28. The summed E-state index contributed by atoms with van der Waals surface area (Å²) in [4.78, 5) is 31.7. The molecule has 462 valence electrons. The van der Waals surface area contributed by atoms with Crippen molar-refractivity contribution in [2.24, 2.45) is 0 Å². The predicted octanol–water partition coefficient (Wildman–Crippen LogP) is 22.5. The Morgan fingerprint density at radius 2 is 0.543 bits per heavy atom. The van der Waals surface area contributed by atoms with Crippen LogP contribution < -0.4 is 0 Å². The van der Waals surface area contributed by atoms with Crippen molar-refractivity contribution in [3.05, 3.63) is 227 Å². The van der Waals surface area contributed by atoms with Gasteiger partial charge in [0, 0.05) is 54.9 Å². The maximum atomic E-state index is 7.26. The van der Waals surface area contributed by atoms with Gasteiger partial charge in [-0.1, -0.05) is 269 Å². The smallest absolute Gasteiger partial charge is 0.167 e. The minimum absolute atomic E-state index is 0.0785. The summed E-state index contributed by atoms with van der Waals surface area (Å²) in [5.41, 5.74) is 18.0. The highest BCUT2D eigenvalue weighted by molar-refractivity contribution is 6.12. The van der Waals surface area contributed by atoms with Crippen molar-refractivity contribution >= 4 is 43.9 Å². The van der Waals surface area contributed by atoms with E-state index < -0.39 is 0 Å². The number of nitrogens with zero attached hydrogens (tertiary/aromatic N) is 6. The van der Waals surface area contributed by atoms with Crippen molar-refractivity contribution < 1.29 is 8.83 Å². The van der Waals surface area contributed by atoms with Crippen LogP contribution in [0.3, 0.4) is 0 Å². The summed E-state index contributed by atoms with van der Waals surface area (Å²) in [5.74, 6) is 3.52. The Morgan fingerprint density at radius 3 is 0.913 bits per heavy atom. The fraction of sp³-hybridized carbons (Fsp3) is 0.286. The molecule has 92 heavy (non-hydrogen) atoms. The molecule has 13 aromatic rings. The molecule has 0 bridgehead atoms. The molecule has 0 aliphatic heterocycles. The van der Waals surface area contributed by atoms with Gasteiger partial charge in [0.2, 0.25) is 0 Å². The fourth-order valence-corrected chi connectivity index (χ4v) is 12.6. The minimum Gasteiger partial charge on any atom is -0.455 e. The summed E-state index contributed by atoms with van der Waals surface area (Å²) < 4.78 is 14.5. The van der Waals surface area contributed by atoms with Crippen molar-refractivity contribution in [3.63, 3.8) is 0 Å². The third-order valence-electron chi connectivity index (χ3n) is 18.3. The number of furan rings is 2. The molecule has 9 aromatic carbocycles. The van der Waals surface area contributed by atoms with Gasteiger partial charge in [-0.2, -0.15) is 0 Å². The normalized spacial score (nSPS) is 12.9. The zero-order valence-electron chi connectivity index (χ0n) is 56.6. The number of aromatic nitrogens is 6. The fourth-order valence-electron chi connectivity index (χ4n) is 12.6. The molecule has 0 radical (unpaired) electrons. The van der Waals surface area contributed by atoms with Crippen LogP contribution in [0.1, 0.15) is 157 Å². The zero-order chi connectivity index (χ0) is 65.0. The first-order valence-corrected chi connectivity index (χ1v) is 32.5. The maximum Gasteiger partial charge on any atom is 0.167 e. The Morgan fingerprint density at radius 1 is 0.261 bits per heavy atom. The molecule has 0 fully saturated rings. The van der Waals surface area contributed by atoms with E-state index >= 15 is 0 Å². The summed E-state index contributed by atoms with van der Waals surface area (Å²) >= 11 is 0. The van der Waals surface area contributed by atoms with Gasteiger partial charge < -0.3 is 8.83 Å². The van der Waals surface area contributed by atoms with Crippen LogP contribution in [-0.4, -0.2) is 29.9 Å². The van der Waals surface area contributed by atoms with Gasteiger partial charge >= 0.3 is 0 Å². The van der Waals surface area contributed by atoms with Gasteiger partial charge in [0.05, 0.1) is 11.1 Å². The van der Waals surface area contributed by atoms with Crippen LogP contribution in [-0.2, 0) is 38.9 Å². The van der Waals surface area contributed by atoms with Crippen LogP contribution in [0.5, 0.6) is 0 Å². The first-order valence-electron chi connectivity index (χ1n) is 32.5. The lowest BCUT2D eigenvalue weighted by molar-refractivity contribution is 0.517. The largest absolute Gasteiger partial charge is 0.455 e. The number of fused-ring (bicyclic) bond motifs is 6. The van der Waals surface area contributed by atoms with E-state index in [1.54, 1.807) is 0 Å². The molecule has 0 saturated heterocycles. The van der Waals surface area contributed by atoms with Gasteiger partial charge in [-0.3, -0.25) is 0 Å². The van der Waals surface area contributed by atoms with Gasteiger partial charge in [0.1, 0.15) is 22.3 Å². The van der Waals surface area contributed by atoms with E-state index in [2.05, 4.69) is 239 Å². The van der Waals surface area contributed by atoms with Crippen molar-refractivity contribution in [2.75, 3.05) is 0 Å². The number of hydrogen-bond acceptors (Lipinski definition) is 8. The van der Waals surface area contributed by atoms with Crippen molar-refractivity contribution in [1.29, 1.82) is 0 Å². The van der Waals surface area contributed by atoms with Gasteiger partial charge in [0.15, 0.2) is 34.9 Å². The van der Waals surface area contributed by atoms with Crippen molar-refractivity contribution in [1.82, 2.24) is 29.9 Å². The van der Waals surface area contributed by atoms with Gasteiger partial charge in [-0.25, -0.2) is 29.9 Å². The highest BCUT2D eigenvalue weighted by Crippen LogP contribution is 2.47. The average molecular weight is 1210 g/mol. The number of benzene rings is 9. The monoisotopic (exact) mass is 1210 g/mol. The Labute approximate surface area is 542 Å². The Bertz CT molecular complexity index is 4890. The van der Waals surface area contributed by atoms with Crippen LogP contribution in [0.25, 0.3) is 123 Å². The van der Waals surface area contributed by atoms with E-state index in [1.807, 2.05) is 66.7 Å². The molecule has 0 amide bonds. The molecule has 0 atom stereocenters. The highest BCUT2D eigenvalue weighted by Gasteiger charge is 2.33. The molecule has 0 N–H and O–H groups in total. The third kappa shape index (κ3) is 11.8. The highest BCUT2D eigenvalue weighted by atomic mass is 16.3. The molecule has 13 rings (SSSR count). The van der Waals surface area contributed by atoms with Crippen LogP contribution in [0.15, 0.2) is 197 Å². The zero-order valence-corrected chi connectivity index (χ0v) is 56.6. The number of rotatable bonds is 10. The summed E-state index contributed by atoms with van der Waals surface area (Å²) in [6.07, 6.45) is 0.768. The van der Waals surface area contributed by atoms with Gasteiger partial charge in [-0.05, 0) is 114 Å². The quantitative estimate of drug-likeness (QED) is 0.133. The number of hydrogen-bond donors (Lipinski definition) is 0. The van der Waals surface area contributed by atoms with Crippen LogP contribution in [0.4, 0.5) is 0 Å². The van der Waals surface area contributed by atoms with E-state index in [0.29, 0.717) is 34.9 Å². The van der Waals surface area contributed by atoms with E-state index in [0.717, 1.165) is 106 Å². The minimum atomic E-state index is -0.316. The van der Waals surface area contributed by atoms with E-state index in [-0.39, 0.29) is 32.5 Å². The predicted molar refractivity (Wildman–Crippen MR) is 382 cm³/mol. The standard InChI is InChI=1S/C84H84N6O2/c1-79(2,3)57-41-61-63-43-59(81(7,8)9)47-67(82(10,11)12)71(63)91-69(61)65(44-57)78-89-75(86-76(90-78)56-39-37-52(38-40-56)51-27-21-18-22-28-51)55-35-33-50(34-36-55)49-84(16,17)60-46-64-62-42-58(80(4,5)6)45-66(70(62)92-72(64)68(48-60)83(13,14)15)77-87-73(53-29-23-19-24-30-53)85-74(88-77)54-31-25-20-26-32-54/h18-48H,49H2,1-17H3. The molecule has 8 heteroatoms. The molecule has 0 unspecified atom stereocenters. The second-order valence-electron chi connectivity index (χ2n) is 31.1.